The molecule has 2 aromatic rings. The minimum Gasteiger partial charge on any atom is -0.219 e. The van der Waals surface area contributed by atoms with Crippen molar-refractivity contribution in [2.24, 2.45) is 0 Å². The van der Waals surface area contributed by atoms with Crippen molar-refractivity contribution in [1.82, 2.24) is 19.7 Å². The second-order valence-electron chi connectivity index (χ2n) is 3.32. The van der Waals surface area contributed by atoms with Gasteiger partial charge in [-0.1, -0.05) is 0 Å². The fraction of sp³-hybridized carbons (Fsp3) is 0.300. The minimum absolute atomic E-state index is 0.435. The highest BCUT2D eigenvalue weighted by molar-refractivity contribution is 6.17. The third kappa shape index (κ3) is 1.99. The summed E-state index contributed by atoms with van der Waals surface area (Å²) in [6.07, 6.45) is 3.58. The molecule has 4 nitrogen and oxygen atoms in total. The number of aryl methyl sites for hydroxylation is 2. The van der Waals surface area contributed by atoms with E-state index in [1.807, 2.05) is 26.1 Å². The van der Waals surface area contributed by atoms with E-state index in [4.69, 9.17) is 11.6 Å². The summed E-state index contributed by atoms with van der Waals surface area (Å²) >= 11 is 5.73. The van der Waals surface area contributed by atoms with Crippen LogP contribution in [0.15, 0.2) is 18.5 Å². The summed E-state index contributed by atoms with van der Waals surface area (Å²) < 4.78 is 1.65. The first-order valence-corrected chi connectivity index (χ1v) is 5.15. The molecular formula is C10H11ClN4. The summed E-state index contributed by atoms with van der Waals surface area (Å²) in [6.45, 7) is 3.84. The Labute approximate surface area is 92.9 Å². The molecule has 78 valence electrons. The molecule has 0 spiro atoms. The van der Waals surface area contributed by atoms with E-state index in [0.29, 0.717) is 11.8 Å². The fourth-order valence-corrected chi connectivity index (χ4v) is 1.51. The van der Waals surface area contributed by atoms with Gasteiger partial charge in [-0.2, -0.15) is 5.10 Å². The maximum Gasteiger partial charge on any atom is 0.250 e. The van der Waals surface area contributed by atoms with E-state index in [9.17, 15) is 0 Å². The maximum atomic E-state index is 5.73. The summed E-state index contributed by atoms with van der Waals surface area (Å²) in [7, 11) is 0. The lowest BCUT2D eigenvalue weighted by Gasteiger charge is -2.03. The molecule has 0 unspecified atom stereocenters. The number of hydrogen-bond acceptors (Lipinski definition) is 3. The first kappa shape index (κ1) is 10.1. The largest absolute Gasteiger partial charge is 0.250 e. The Morgan fingerprint density at radius 1 is 1.40 bits per heavy atom. The average molecular weight is 223 g/mol. The van der Waals surface area contributed by atoms with Crippen LogP contribution in [-0.4, -0.2) is 19.7 Å². The molecular weight excluding hydrogens is 212 g/mol. The van der Waals surface area contributed by atoms with Crippen LogP contribution in [0.2, 0.25) is 0 Å². The van der Waals surface area contributed by atoms with E-state index in [2.05, 4.69) is 15.1 Å². The molecule has 0 N–H and O–H groups in total. The van der Waals surface area contributed by atoms with Crippen LogP contribution in [0.4, 0.5) is 0 Å². The zero-order valence-electron chi connectivity index (χ0n) is 8.61. The average Bonchev–Trinajstić information content (AvgIpc) is 2.65. The summed E-state index contributed by atoms with van der Waals surface area (Å²) in [6, 6.07) is 1.91. The Balaban J connectivity index is 2.42. The molecule has 0 saturated heterocycles. The van der Waals surface area contributed by atoms with Crippen molar-refractivity contribution in [2.75, 3.05) is 0 Å². The Kier molecular flexibility index (Phi) is 2.68. The van der Waals surface area contributed by atoms with Gasteiger partial charge in [0.05, 0.1) is 11.6 Å². The van der Waals surface area contributed by atoms with Crippen LogP contribution >= 0.6 is 11.6 Å². The molecule has 0 bridgehead atoms. The lowest BCUT2D eigenvalue weighted by atomic mass is 10.3. The molecule has 2 heterocycles. The van der Waals surface area contributed by atoms with E-state index < -0.39 is 0 Å². The highest BCUT2D eigenvalue weighted by Crippen LogP contribution is 2.09. The van der Waals surface area contributed by atoms with Crippen molar-refractivity contribution < 1.29 is 0 Å². The number of halogens is 1. The Morgan fingerprint density at radius 3 is 2.73 bits per heavy atom. The molecule has 0 saturated carbocycles. The van der Waals surface area contributed by atoms with Gasteiger partial charge in [0.15, 0.2) is 0 Å². The van der Waals surface area contributed by atoms with Crippen LogP contribution in [0.25, 0.3) is 5.95 Å². The van der Waals surface area contributed by atoms with Crippen LogP contribution in [0.5, 0.6) is 0 Å². The molecule has 0 aliphatic heterocycles. The van der Waals surface area contributed by atoms with Gasteiger partial charge in [-0.15, -0.1) is 11.6 Å². The molecule has 15 heavy (non-hydrogen) atoms. The molecule has 5 heteroatoms. The maximum absolute atomic E-state index is 5.73. The first-order valence-electron chi connectivity index (χ1n) is 4.62. The summed E-state index contributed by atoms with van der Waals surface area (Å²) in [4.78, 5) is 8.53. The second-order valence-corrected chi connectivity index (χ2v) is 3.58. The molecule has 0 aromatic carbocycles. The van der Waals surface area contributed by atoms with Gasteiger partial charge in [0.1, 0.15) is 0 Å². The van der Waals surface area contributed by atoms with Crippen LogP contribution in [0.1, 0.15) is 17.0 Å². The lowest BCUT2D eigenvalue weighted by Crippen LogP contribution is -2.04. The van der Waals surface area contributed by atoms with Gasteiger partial charge in [-0.25, -0.2) is 14.6 Å². The van der Waals surface area contributed by atoms with Gasteiger partial charge in [-0.05, 0) is 19.9 Å². The highest BCUT2D eigenvalue weighted by Gasteiger charge is 2.04. The van der Waals surface area contributed by atoms with Crippen molar-refractivity contribution in [2.45, 2.75) is 19.7 Å². The quantitative estimate of drug-likeness (QED) is 0.731. The standard InChI is InChI=1S/C10H11ClN4/c1-7-3-4-15(14-7)10-12-6-9(5-11)8(2)13-10/h3-4,6H,5H2,1-2H3. The van der Waals surface area contributed by atoms with E-state index in [-0.39, 0.29) is 0 Å². The molecule has 0 radical (unpaired) electrons. The smallest absolute Gasteiger partial charge is 0.219 e. The van der Waals surface area contributed by atoms with Crippen LogP contribution in [0.3, 0.4) is 0 Å². The number of nitrogens with zero attached hydrogens (tertiary/aromatic N) is 4. The van der Waals surface area contributed by atoms with Crippen molar-refractivity contribution in [1.29, 1.82) is 0 Å². The van der Waals surface area contributed by atoms with E-state index in [0.717, 1.165) is 17.0 Å². The summed E-state index contributed by atoms with van der Waals surface area (Å²) in [5.41, 5.74) is 2.78. The van der Waals surface area contributed by atoms with Gasteiger partial charge >= 0.3 is 0 Å². The Hall–Kier alpha value is -1.42. The van der Waals surface area contributed by atoms with Crippen LogP contribution in [-0.2, 0) is 5.88 Å². The number of hydrogen-bond donors (Lipinski definition) is 0. The van der Waals surface area contributed by atoms with Crippen molar-refractivity contribution in [3.8, 4) is 5.95 Å². The predicted molar refractivity (Wildman–Crippen MR) is 58.2 cm³/mol. The van der Waals surface area contributed by atoms with Gasteiger partial charge < -0.3 is 0 Å². The first-order chi connectivity index (χ1) is 7.20. The zero-order valence-corrected chi connectivity index (χ0v) is 9.36. The Bertz CT molecular complexity index is 478. The van der Waals surface area contributed by atoms with Gasteiger partial charge in [-0.3, -0.25) is 0 Å². The highest BCUT2D eigenvalue weighted by atomic mass is 35.5. The molecule has 0 aliphatic carbocycles. The molecule has 0 fully saturated rings. The summed E-state index contributed by atoms with van der Waals surface area (Å²) in [5, 5.41) is 4.24. The third-order valence-electron chi connectivity index (χ3n) is 2.14. The molecule has 2 aromatic heterocycles. The molecule has 0 amide bonds. The van der Waals surface area contributed by atoms with Crippen molar-refractivity contribution >= 4 is 11.6 Å². The molecule has 0 atom stereocenters. The minimum atomic E-state index is 0.435. The van der Waals surface area contributed by atoms with Gasteiger partial charge in [0, 0.05) is 23.7 Å². The second kappa shape index (κ2) is 3.98. The topological polar surface area (TPSA) is 43.6 Å². The molecule has 0 aliphatic rings. The van der Waals surface area contributed by atoms with E-state index in [1.54, 1.807) is 10.9 Å². The monoisotopic (exact) mass is 222 g/mol. The predicted octanol–water partition coefficient (Wildman–Crippen LogP) is 2.02. The third-order valence-corrected chi connectivity index (χ3v) is 2.43. The normalized spacial score (nSPS) is 10.6. The van der Waals surface area contributed by atoms with Crippen molar-refractivity contribution in [3.05, 3.63) is 35.4 Å². The van der Waals surface area contributed by atoms with E-state index in [1.165, 1.54) is 0 Å². The van der Waals surface area contributed by atoms with Gasteiger partial charge in [0.25, 0.3) is 5.95 Å². The van der Waals surface area contributed by atoms with Crippen LogP contribution < -0.4 is 0 Å². The fourth-order valence-electron chi connectivity index (χ4n) is 1.25. The lowest BCUT2D eigenvalue weighted by molar-refractivity contribution is 0.786. The number of rotatable bonds is 2. The summed E-state index contributed by atoms with van der Waals surface area (Å²) in [5.74, 6) is 1.01. The Morgan fingerprint density at radius 2 is 2.20 bits per heavy atom. The van der Waals surface area contributed by atoms with Gasteiger partial charge in [0.2, 0.25) is 0 Å². The molecule has 2 rings (SSSR count). The van der Waals surface area contributed by atoms with E-state index >= 15 is 0 Å². The van der Waals surface area contributed by atoms with Crippen molar-refractivity contribution in [3.63, 3.8) is 0 Å². The van der Waals surface area contributed by atoms with Crippen LogP contribution in [0, 0.1) is 13.8 Å². The number of alkyl halides is 1. The number of aromatic nitrogens is 4. The zero-order chi connectivity index (χ0) is 10.8. The SMILES string of the molecule is Cc1ccn(-c2ncc(CCl)c(C)n2)n1.